The molecule has 0 radical (unpaired) electrons. The summed E-state index contributed by atoms with van der Waals surface area (Å²) in [4.78, 5) is 54.2. The lowest BCUT2D eigenvalue weighted by molar-refractivity contribution is 0.352. The fraction of sp³-hybridized carbons (Fsp3) is 0.444. The number of nitrogens with two attached hydrogens (primary N) is 3. The van der Waals surface area contributed by atoms with Gasteiger partial charge in [0.1, 0.15) is 34.6 Å². The molecule has 506 valence electrons. The Kier molecular flexibility index (Phi) is 23.0. The number of hydrogen-bond acceptors (Lipinski definition) is 24. The van der Waals surface area contributed by atoms with Crippen LogP contribution in [0, 0.1) is 13.8 Å². The fourth-order valence-electron chi connectivity index (χ4n) is 10.4. The Morgan fingerprint density at radius 1 is 0.510 bits per heavy atom. The molecule has 0 atom stereocenters. The van der Waals surface area contributed by atoms with Crippen LogP contribution in [0.15, 0.2) is 87.0 Å². The third-order valence-electron chi connectivity index (χ3n) is 16.5. The molecule has 1 saturated heterocycles. The molecular weight excluding hydrogens is 1210 g/mol. The molecule has 0 bridgehead atoms. The van der Waals surface area contributed by atoms with Crippen LogP contribution >= 0.6 is 0 Å². The van der Waals surface area contributed by atoms with Crippen LogP contribution in [0.25, 0.3) is 11.1 Å². The number of aromatic nitrogens is 12. The number of methoxy groups -OCH3 is 1. The summed E-state index contributed by atoms with van der Waals surface area (Å²) in [7, 11) is 1.57. The van der Waals surface area contributed by atoms with Gasteiger partial charge in [0.05, 0.1) is 31.9 Å². The van der Waals surface area contributed by atoms with Crippen LogP contribution in [0.5, 0.6) is 51.9 Å². The van der Waals surface area contributed by atoms with Gasteiger partial charge in [-0.25, -0.2) is 34.9 Å². The number of nitrogen functional groups attached to an aromatic ring is 3. The molecule has 13 rings (SSSR count). The number of allylic oxidation sites excluding steroid dienone is 2. The Balaban J connectivity index is 0.000000140. The number of likely N-dealkylation sites (tertiary alicyclic amines) is 1. The first-order chi connectivity index (χ1) is 46.3. The van der Waals surface area contributed by atoms with Crippen molar-refractivity contribution >= 4 is 46.3 Å². The van der Waals surface area contributed by atoms with Crippen molar-refractivity contribution in [2.75, 3.05) is 73.0 Å². The van der Waals surface area contributed by atoms with Crippen molar-refractivity contribution in [2.24, 2.45) is 0 Å². The second-order valence-electron chi connectivity index (χ2n) is 25.7. The molecule has 9 heterocycles. The smallest absolute Gasteiger partial charge is 0.222 e. The summed E-state index contributed by atoms with van der Waals surface area (Å²) in [6.45, 7) is 31.0. The number of hydrogen-bond donors (Lipinski definition) is 6. The van der Waals surface area contributed by atoms with Crippen LogP contribution in [0.2, 0.25) is 0 Å². The average molecular weight is 1300 g/mol. The largest absolute Gasteiger partial charge is 0.481 e. The number of rotatable bonds is 25. The zero-order valence-electron chi connectivity index (χ0n) is 57.2. The van der Waals surface area contributed by atoms with Crippen molar-refractivity contribution in [2.45, 2.75) is 169 Å². The first-order valence-corrected chi connectivity index (χ1v) is 33.5. The van der Waals surface area contributed by atoms with Gasteiger partial charge in [0.15, 0.2) is 46.3 Å². The second kappa shape index (κ2) is 32.1. The molecule has 1 aliphatic heterocycles. The van der Waals surface area contributed by atoms with Gasteiger partial charge in [0.2, 0.25) is 17.8 Å². The van der Waals surface area contributed by atoms with E-state index in [1.165, 1.54) is 64.5 Å². The quantitative estimate of drug-likeness (QED) is 0.0310. The first kappa shape index (κ1) is 69.0. The molecular formula is C72H93N19O5. The number of nitrogens with zero attached hydrogens (tertiary/aromatic N) is 13. The molecule has 0 unspecified atom stereocenters. The lowest BCUT2D eigenvalue weighted by Crippen LogP contribution is -2.26. The summed E-state index contributed by atoms with van der Waals surface area (Å²) < 4.78 is 29.7. The molecule has 0 aromatic carbocycles. The van der Waals surface area contributed by atoms with Crippen molar-refractivity contribution in [3.05, 3.63) is 138 Å². The third-order valence-corrected chi connectivity index (χ3v) is 16.5. The summed E-state index contributed by atoms with van der Waals surface area (Å²) in [6, 6.07) is 8.33. The van der Waals surface area contributed by atoms with E-state index in [1.807, 2.05) is 45.4 Å². The van der Waals surface area contributed by atoms with Crippen LogP contribution in [-0.2, 0) is 0 Å². The lowest BCUT2D eigenvalue weighted by atomic mass is 10.0. The van der Waals surface area contributed by atoms with E-state index in [0.29, 0.717) is 111 Å². The summed E-state index contributed by atoms with van der Waals surface area (Å²) >= 11 is 0. The van der Waals surface area contributed by atoms with Gasteiger partial charge in [-0.05, 0) is 134 Å². The Morgan fingerprint density at radius 3 is 1.43 bits per heavy atom. The van der Waals surface area contributed by atoms with Gasteiger partial charge in [0, 0.05) is 132 Å². The van der Waals surface area contributed by atoms with Gasteiger partial charge in [-0.15, -0.1) is 0 Å². The highest BCUT2D eigenvalue weighted by Gasteiger charge is 2.30. The van der Waals surface area contributed by atoms with Crippen molar-refractivity contribution in [3.8, 4) is 51.9 Å². The maximum absolute atomic E-state index is 6.30. The topological polar surface area (TPSA) is 318 Å². The number of ether oxygens (including phenoxy) is 5. The van der Waals surface area contributed by atoms with E-state index in [2.05, 4.69) is 141 Å². The normalized spacial score (nSPS) is 14.8. The second-order valence-corrected chi connectivity index (χ2v) is 25.7. The molecule has 5 fully saturated rings. The van der Waals surface area contributed by atoms with E-state index >= 15 is 0 Å². The Hall–Kier alpha value is -9.84. The molecule has 9 N–H and O–H groups in total. The van der Waals surface area contributed by atoms with Crippen LogP contribution < -0.4 is 56.8 Å². The van der Waals surface area contributed by atoms with E-state index in [1.54, 1.807) is 51.1 Å². The van der Waals surface area contributed by atoms with Crippen molar-refractivity contribution < 1.29 is 23.7 Å². The number of nitrogens with one attached hydrogen (secondary N) is 3. The molecule has 96 heavy (non-hydrogen) atoms. The number of aryl methyl sites for hydroxylation is 2. The minimum atomic E-state index is 0.235. The van der Waals surface area contributed by atoms with Crippen LogP contribution in [0.3, 0.4) is 0 Å². The Morgan fingerprint density at radius 2 is 0.948 bits per heavy atom. The maximum Gasteiger partial charge on any atom is 0.222 e. The molecule has 24 heteroatoms. The molecule has 24 nitrogen and oxygen atoms in total. The molecule has 8 aromatic rings. The summed E-state index contributed by atoms with van der Waals surface area (Å²) in [5.74, 6) is 12.2. The summed E-state index contributed by atoms with van der Waals surface area (Å²) in [5, 5.41) is 10.0. The highest BCUT2D eigenvalue weighted by Crippen LogP contribution is 2.46. The summed E-state index contributed by atoms with van der Waals surface area (Å²) in [5.41, 5.74) is 26.3. The minimum Gasteiger partial charge on any atom is -0.481 e. The molecule has 5 aliphatic rings. The first-order valence-electron chi connectivity index (χ1n) is 33.5. The van der Waals surface area contributed by atoms with Gasteiger partial charge in [-0.3, -0.25) is 15.0 Å². The predicted molar refractivity (Wildman–Crippen MR) is 378 cm³/mol. The SMILES string of the molecule is C=C(C)c1cnc(C2CC2)cc1Oc1cnc(C)nc1N.C=C(C)c1cnc(OC)cc1Oc1cnc(C)nc1NC1CC1.CC(C)c1cnc(C2CC2)cc1Oc1cnc(N)nc1NCCN1CCCC1.CCCNc1nc(N)ncc1Oc1cc(C2CC2)ncc1C(C)C. The van der Waals surface area contributed by atoms with Gasteiger partial charge in [-0.1, -0.05) is 47.8 Å². The highest BCUT2D eigenvalue weighted by atomic mass is 16.5. The summed E-state index contributed by atoms with van der Waals surface area (Å²) in [6.07, 6.45) is 27.1. The van der Waals surface area contributed by atoms with Crippen LogP contribution in [0.4, 0.5) is 35.2 Å². The lowest BCUT2D eigenvalue weighted by Gasteiger charge is -2.18. The number of anilines is 6. The molecule has 4 saturated carbocycles. The maximum atomic E-state index is 6.30. The number of pyridine rings is 4. The molecule has 4 aliphatic carbocycles. The van der Waals surface area contributed by atoms with Crippen LogP contribution in [-0.4, -0.2) is 111 Å². The zero-order valence-corrected chi connectivity index (χ0v) is 57.2. The third kappa shape index (κ3) is 19.4. The van der Waals surface area contributed by atoms with E-state index in [-0.39, 0.29) is 11.9 Å². The van der Waals surface area contributed by atoms with Gasteiger partial charge in [0.25, 0.3) is 0 Å². The fourth-order valence-corrected chi connectivity index (χ4v) is 10.4. The van der Waals surface area contributed by atoms with Gasteiger partial charge < -0.3 is 61.7 Å². The monoisotopic (exact) mass is 1300 g/mol. The standard InChI is InChI=1S/C21H30N6O.C18H25N5O.C17H20N4O2.C16H18N4O/c1-14(2)16-12-24-17(15-5-6-15)11-18(16)28-19-13-25-21(22)26-20(19)23-7-10-27-8-3-4-9-27;1-4-7-20-17-16(10-22-18(19)23-17)24-15-8-14(12-5-6-12)21-9-13(15)11(2)3;1-10(2)13-8-19-16(22-4)7-14(13)23-15-9-18-11(3)20-17(15)21-12-5-6-12;1-9(2)12-7-19-13(11-4-5-11)6-14(12)21-15-8-18-10(3)20-16(15)17/h11-15H,3-10H2,1-2H3,(H3,22,23,25,26);8-12H,4-7H2,1-3H3,(H3,19,20,22,23);7-9,12H,1,5-6H2,2-4H3,(H,18,20,21);6-8,11H,1,4-5H2,2-3H3,(H2,17,18,20). The zero-order chi connectivity index (χ0) is 68.0. The van der Waals surface area contributed by atoms with Gasteiger partial charge in [-0.2, -0.15) is 9.97 Å². The molecule has 0 spiro atoms. The van der Waals surface area contributed by atoms with Crippen molar-refractivity contribution in [1.29, 1.82) is 0 Å². The Bertz CT molecular complexity index is 4000. The van der Waals surface area contributed by atoms with Crippen LogP contribution in [0.1, 0.15) is 200 Å². The Labute approximate surface area is 563 Å². The minimum absolute atomic E-state index is 0.235. The van der Waals surface area contributed by atoms with E-state index in [0.717, 1.165) is 101 Å². The highest BCUT2D eigenvalue weighted by molar-refractivity contribution is 5.69. The molecule has 0 amide bonds. The average Bonchev–Trinajstić information content (AvgIpc) is 1.67. The van der Waals surface area contributed by atoms with Crippen molar-refractivity contribution in [3.63, 3.8) is 0 Å². The van der Waals surface area contributed by atoms with Crippen molar-refractivity contribution in [1.82, 2.24) is 64.7 Å². The van der Waals surface area contributed by atoms with E-state index < -0.39 is 0 Å². The predicted octanol–water partition coefficient (Wildman–Crippen LogP) is 14.9. The molecule has 8 aromatic heterocycles. The van der Waals surface area contributed by atoms with E-state index in [9.17, 15) is 0 Å². The van der Waals surface area contributed by atoms with E-state index in [4.69, 9.17) is 40.9 Å². The van der Waals surface area contributed by atoms with Gasteiger partial charge >= 0.3 is 0 Å².